The largest absolute Gasteiger partial charge is 0.481 e. The van der Waals surface area contributed by atoms with Gasteiger partial charge in [0, 0.05) is 18.0 Å². The maximum atomic E-state index is 12.5. The molecule has 2 N–H and O–H groups in total. The van der Waals surface area contributed by atoms with Crippen LogP contribution in [0.5, 0.6) is 0 Å². The zero-order valence-corrected chi connectivity index (χ0v) is 14.8. The predicted molar refractivity (Wildman–Crippen MR) is 95.5 cm³/mol. The zero-order chi connectivity index (χ0) is 18.7. The van der Waals surface area contributed by atoms with Crippen LogP contribution < -0.4 is 4.72 Å². The van der Waals surface area contributed by atoms with Crippen molar-refractivity contribution in [1.82, 2.24) is 4.72 Å². The Morgan fingerprint density at radius 1 is 1.08 bits per heavy atom. The molecule has 136 valence electrons. The second kappa shape index (κ2) is 7.39. The summed E-state index contributed by atoms with van der Waals surface area (Å²) in [6.45, 7) is 0. The molecule has 2 aromatic carbocycles. The highest BCUT2D eigenvalue weighted by atomic mass is 32.2. The van der Waals surface area contributed by atoms with Crippen molar-refractivity contribution in [1.29, 1.82) is 0 Å². The van der Waals surface area contributed by atoms with Crippen molar-refractivity contribution in [3.05, 3.63) is 65.2 Å². The molecule has 0 radical (unpaired) electrons. The lowest BCUT2D eigenvalue weighted by atomic mass is 10.0. The quantitative estimate of drug-likeness (QED) is 0.727. The number of aliphatic carboxylic acids is 1. The van der Waals surface area contributed by atoms with Gasteiger partial charge >= 0.3 is 5.97 Å². The number of carbonyl (C=O) groups is 2. The topological polar surface area (TPSA) is 101 Å². The molecule has 0 fully saturated rings. The van der Waals surface area contributed by atoms with E-state index in [2.05, 4.69) is 4.72 Å². The molecule has 1 aliphatic rings. The van der Waals surface area contributed by atoms with E-state index in [1.807, 2.05) is 0 Å². The van der Waals surface area contributed by atoms with Crippen LogP contribution in [0.3, 0.4) is 0 Å². The molecular weight excluding hydrogens is 354 g/mol. The number of fused-ring (bicyclic) bond motifs is 1. The molecule has 0 heterocycles. The van der Waals surface area contributed by atoms with Gasteiger partial charge in [0.2, 0.25) is 10.0 Å². The van der Waals surface area contributed by atoms with E-state index in [1.54, 1.807) is 48.5 Å². The molecule has 1 unspecified atom stereocenters. The fourth-order valence-corrected chi connectivity index (χ4v) is 4.40. The first kappa shape index (κ1) is 18.3. The second-order valence-corrected chi connectivity index (χ2v) is 7.97. The highest BCUT2D eigenvalue weighted by Gasteiger charge is 2.28. The third kappa shape index (κ3) is 4.00. The van der Waals surface area contributed by atoms with Crippen molar-refractivity contribution in [3.8, 4) is 0 Å². The summed E-state index contributed by atoms with van der Waals surface area (Å²) >= 11 is 0. The summed E-state index contributed by atoms with van der Waals surface area (Å²) in [4.78, 5) is 22.9. The van der Waals surface area contributed by atoms with Gasteiger partial charge in [-0.3, -0.25) is 9.59 Å². The van der Waals surface area contributed by atoms with Crippen LogP contribution in [-0.2, 0) is 21.2 Å². The molecule has 0 bridgehead atoms. The van der Waals surface area contributed by atoms with Crippen molar-refractivity contribution >= 4 is 21.8 Å². The van der Waals surface area contributed by atoms with Crippen LogP contribution in [0.15, 0.2) is 53.4 Å². The normalized spacial score (nSPS) is 16.2. The molecule has 26 heavy (non-hydrogen) atoms. The Morgan fingerprint density at radius 2 is 1.81 bits per heavy atom. The van der Waals surface area contributed by atoms with E-state index in [4.69, 9.17) is 5.11 Å². The SMILES string of the molecule is O=C(O)CCC(=O)c1ccc2c(c1)CCC2NS(=O)(=O)c1ccccc1. The number of hydrogen-bond donors (Lipinski definition) is 2. The lowest BCUT2D eigenvalue weighted by molar-refractivity contribution is -0.136. The van der Waals surface area contributed by atoms with Gasteiger partial charge in [-0.2, -0.15) is 0 Å². The first-order valence-corrected chi connectivity index (χ1v) is 9.80. The van der Waals surface area contributed by atoms with Gasteiger partial charge in [0.15, 0.2) is 5.78 Å². The van der Waals surface area contributed by atoms with E-state index in [9.17, 15) is 18.0 Å². The Balaban J connectivity index is 1.76. The number of carbonyl (C=O) groups excluding carboxylic acids is 1. The number of ketones is 1. The molecule has 1 aliphatic carbocycles. The number of nitrogens with one attached hydrogen (secondary N) is 1. The van der Waals surface area contributed by atoms with Gasteiger partial charge in [0.05, 0.1) is 11.3 Å². The van der Waals surface area contributed by atoms with Crippen molar-refractivity contribution in [2.24, 2.45) is 0 Å². The maximum Gasteiger partial charge on any atom is 0.303 e. The predicted octanol–water partition coefficient (Wildman–Crippen LogP) is 2.70. The van der Waals surface area contributed by atoms with Crippen LogP contribution in [0.4, 0.5) is 0 Å². The molecule has 1 atom stereocenters. The number of Topliss-reactive ketones (excluding diaryl/α,β-unsaturated/α-hetero) is 1. The first-order valence-electron chi connectivity index (χ1n) is 8.32. The summed E-state index contributed by atoms with van der Waals surface area (Å²) in [6.07, 6.45) is 1.04. The van der Waals surface area contributed by atoms with Gasteiger partial charge < -0.3 is 5.11 Å². The minimum absolute atomic E-state index is 0.0435. The molecule has 2 aromatic rings. The lowest BCUT2D eigenvalue weighted by Crippen LogP contribution is -2.27. The number of hydrogen-bond acceptors (Lipinski definition) is 4. The molecule has 0 saturated heterocycles. The number of benzene rings is 2. The Kier molecular flexibility index (Phi) is 5.20. The molecular formula is C19H19NO5S. The van der Waals surface area contributed by atoms with Crippen molar-refractivity contribution in [3.63, 3.8) is 0 Å². The average molecular weight is 373 g/mol. The fraction of sp³-hybridized carbons (Fsp3) is 0.263. The van der Waals surface area contributed by atoms with E-state index < -0.39 is 16.0 Å². The summed E-state index contributed by atoms with van der Waals surface area (Å²) in [5.41, 5.74) is 2.25. The average Bonchev–Trinajstić information content (AvgIpc) is 3.02. The van der Waals surface area contributed by atoms with Crippen LogP contribution in [-0.4, -0.2) is 25.3 Å². The summed E-state index contributed by atoms with van der Waals surface area (Å²) < 4.78 is 27.7. The standard InChI is InChI=1S/C19H19NO5S/c21-18(10-11-19(22)23)14-6-8-16-13(12-14)7-9-17(16)20-26(24,25)15-4-2-1-3-5-15/h1-6,8,12,17,20H,7,9-11H2,(H,22,23). The van der Waals surface area contributed by atoms with Crippen molar-refractivity contribution in [2.75, 3.05) is 0 Å². The molecule has 0 amide bonds. The van der Waals surface area contributed by atoms with Crippen molar-refractivity contribution < 1.29 is 23.1 Å². The molecule has 6 nitrogen and oxygen atoms in total. The van der Waals surface area contributed by atoms with Crippen LogP contribution in [0.2, 0.25) is 0 Å². The second-order valence-electron chi connectivity index (χ2n) is 6.26. The number of rotatable bonds is 7. The maximum absolute atomic E-state index is 12.5. The van der Waals surface area contributed by atoms with Crippen LogP contribution in [0.1, 0.15) is 46.8 Å². The fourth-order valence-electron chi connectivity index (χ4n) is 3.13. The van der Waals surface area contributed by atoms with E-state index >= 15 is 0 Å². The molecule has 0 saturated carbocycles. The summed E-state index contributed by atoms with van der Waals surface area (Å²) in [6, 6.07) is 13.0. The number of carboxylic acid groups (broad SMARTS) is 1. The Labute approximate surface area is 151 Å². The van der Waals surface area contributed by atoms with E-state index in [1.165, 1.54) is 0 Å². The Hall–Kier alpha value is -2.51. The van der Waals surface area contributed by atoms with Gasteiger partial charge in [-0.05, 0) is 42.2 Å². The first-order chi connectivity index (χ1) is 12.4. The van der Waals surface area contributed by atoms with Crippen LogP contribution in [0, 0.1) is 0 Å². The summed E-state index contributed by atoms with van der Waals surface area (Å²) in [5.74, 6) is -1.22. The van der Waals surface area contributed by atoms with Crippen LogP contribution in [0.25, 0.3) is 0 Å². The molecule has 3 rings (SSSR count). The minimum atomic E-state index is -3.61. The molecule has 0 spiro atoms. The smallest absolute Gasteiger partial charge is 0.303 e. The van der Waals surface area contributed by atoms with Gasteiger partial charge in [-0.25, -0.2) is 13.1 Å². The molecule has 7 heteroatoms. The third-order valence-electron chi connectivity index (χ3n) is 4.46. The van der Waals surface area contributed by atoms with E-state index in [-0.39, 0.29) is 29.6 Å². The van der Waals surface area contributed by atoms with E-state index in [0.717, 1.165) is 11.1 Å². The third-order valence-corrected chi connectivity index (χ3v) is 5.95. The summed E-state index contributed by atoms with van der Waals surface area (Å²) in [5, 5.41) is 8.68. The molecule has 0 aromatic heterocycles. The Morgan fingerprint density at radius 3 is 2.50 bits per heavy atom. The van der Waals surface area contributed by atoms with Crippen LogP contribution >= 0.6 is 0 Å². The lowest BCUT2D eigenvalue weighted by Gasteiger charge is -2.15. The monoisotopic (exact) mass is 373 g/mol. The number of aryl methyl sites for hydroxylation is 1. The van der Waals surface area contributed by atoms with Gasteiger partial charge in [-0.15, -0.1) is 0 Å². The van der Waals surface area contributed by atoms with Crippen molar-refractivity contribution in [2.45, 2.75) is 36.6 Å². The van der Waals surface area contributed by atoms with Gasteiger partial charge in [0.1, 0.15) is 0 Å². The zero-order valence-electron chi connectivity index (χ0n) is 14.0. The highest BCUT2D eigenvalue weighted by Crippen LogP contribution is 2.33. The Bertz CT molecular complexity index is 938. The number of sulfonamides is 1. The highest BCUT2D eigenvalue weighted by molar-refractivity contribution is 7.89. The van der Waals surface area contributed by atoms with Gasteiger partial charge in [0.25, 0.3) is 0 Å². The van der Waals surface area contributed by atoms with E-state index in [0.29, 0.717) is 18.4 Å². The molecule has 0 aliphatic heterocycles. The minimum Gasteiger partial charge on any atom is -0.481 e. The summed E-state index contributed by atoms with van der Waals surface area (Å²) in [7, 11) is -3.61. The number of carboxylic acids is 1. The van der Waals surface area contributed by atoms with Gasteiger partial charge in [-0.1, -0.05) is 30.3 Å².